The van der Waals surface area contributed by atoms with Crippen LogP contribution in [0.25, 0.3) is 10.6 Å². The average Bonchev–Trinajstić information content (AvgIpc) is 3.07. The molecule has 1 N–H and O–H groups in total. The number of nitrogens with one attached hydrogen (secondary N) is 1. The average molecular weight is 374 g/mol. The summed E-state index contributed by atoms with van der Waals surface area (Å²) in [6.07, 6.45) is 8.16. The van der Waals surface area contributed by atoms with E-state index in [1.807, 2.05) is 0 Å². The summed E-state index contributed by atoms with van der Waals surface area (Å²) >= 11 is 3.47. The lowest BCUT2D eigenvalue weighted by atomic mass is 10.1. The highest BCUT2D eigenvalue weighted by Crippen LogP contribution is 2.44. The van der Waals surface area contributed by atoms with Gasteiger partial charge in [-0.15, -0.1) is 0 Å². The number of hydrogen-bond donors (Lipinski definition) is 1. The van der Waals surface area contributed by atoms with Gasteiger partial charge < -0.3 is 10.2 Å². The van der Waals surface area contributed by atoms with E-state index < -0.39 is 0 Å². The molecule has 1 unspecified atom stereocenters. The first kappa shape index (κ1) is 15.8. The van der Waals surface area contributed by atoms with Gasteiger partial charge in [-0.1, -0.05) is 24.2 Å². The van der Waals surface area contributed by atoms with Crippen molar-refractivity contribution in [3.8, 4) is 10.6 Å². The van der Waals surface area contributed by atoms with E-state index in [0.29, 0.717) is 6.04 Å². The number of thiophene rings is 1. The molecule has 2 aromatic rings. The topological polar surface area (TPSA) is 45.2 Å². The monoisotopic (exact) mass is 373 g/mol. The quantitative estimate of drug-likeness (QED) is 0.859. The molecule has 2 aliphatic carbocycles. The number of hydrogen-bond acceptors (Lipinski definition) is 5. The Bertz CT molecular complexity index is 760. The van der Waals surface area contributed by atoms with Crippen LogP contribution in [0.2, 0.25) is 0 Å². The van der Waals surface area contributed by atoms with Crippen molar-refractivity contribution in [2.75, 3.05) is 11.4 Å². The van der Waals surface area contributed by atoms with Gasteiger partial charge in [-0.05, 0) is 43.0 Å². The van der Waals surface area contributed by atoms with Crippen LogP contribution in [-0.2, 0) is 11.2 Å². The van der Waals surface area contributed by atoms with Crippen LogP contribution in [-0.4, -0.2) is 29.5 Å². The number of amides is 1. The van der Waals surface area contributed by atoms with Crippen molar-refractivity contribution < 1.29 is 4.79 Å². The number of fused-ring (bicyclic) bond motifs is 1. The Morgan fingerprint density at radius 1 is 1.28 bits per heavy atom. The zero-order valence-corrected chi connectivity index (χ0v) is 15.9. The number of anilines is 1. The normalized spacial score (nSPS) is 23.2. The molecule has 0 radical (unpaired) electrons. The Balaban J connectivity index is 1.38. The molecule has 132 valence electrons. The lowest BCUT2D eigenvalue weighted by molar-refractivity contribution is -0.123. The molecule has 2 fully saturated rings. The van der Waals surface area contributed by atoms with Crippen LogP contribution in [0.1, 0.15) is 44.2 Å². The Labute approximate surface area is 156 Å². The van der Waals surface area contributed by atoms with Gasteiger partial charge in [0.05, 0.1) is 5.69 Å². The SMILES string of the molecule is O=C(NC1CCCC1)C1Cc2nc(-c3ccsc3)sc2N1CC1CC1. The second kappa shape index (κ2) is 6.40. The van der Waals surface area contributed by atoms with Crippen molar-refractivity contribution in [2.24, 2.45) is 5.92 Å². The van der Waals surface area contributed by atoms with Crippen LogP contribution in [0.5, 0.6) is 0 Å². The Morgan fingerprint density at radius 2 is 2.12 bits per heavy atom. The molecule has 5 rings (SSSR count). The van der Waals surface area contributed by atoms with Crippen molar-refractivity contribution >= 4 is 33.6 Å². The molecule has 6 heteroatoms. The molecule has 3 heterocycles. The van der Waals surface area contributed by atoms with Crippen LogP contribution in [0, 0.1) is 5.92 Å². The standard InChI is InChI=1S/C19H23N3OS2/c23-17(20-14-3-1-2-4-14)16-9-15-19(22(16)10-12-5-6-12)25-18(21-15)13-7-8-24-11-13/h7-8,11-12,14,16H,1-6,9-10H2,(H,20,23). The number of nitrogens with zero attached hydrogens (tertiary/aromatic N) is 2. The zero-order chi connectivity index (χ0) is 16.8. The van der Waals surface area contributed by atoms with E-state index in [4.69, 9.17) is 4.98 Å². The van der Waals surface area contributed by atoms with Crippen LogP contribution in [0.4, 0.5) is 5.00 Å². The molecule has 2 saturated carbocycles. The summed E-state index contributed by atoms with van der Waals surface area (Å²) in [5.41, 5.74) is 2.33. The van der Waals surface area contributed by atoms with Gasteiger partial charge in [0.15, 0.2) is 0 Å². The number of carbonyl (C=O) groups is 1. The largest absolute Gasteiger partial charge is 0.352 e. The summed E-state index contributed by atoms with van der Waals surface area (Å²) in [5.74, 6) is 0.981. The maximum atomic E-state index is 12.9. The number of carbonyl (C=O) groups excluding carboxylic acids is 1. The van der Waals surface area contributed by atoms with Crippen LogP contribution >= 0.6 is 22.7 Å². The highest BCUT2D eigenvalue weighted by atomic mass is 32.1. The highest BCUT2D eigenvalue weighted by molar-refractivity contribution is 7.19. The van der Waals surface area contributed by atoms with Gasteiger partial charge in [-0.3, -0.25) is 4.79 Å². The first-order valence-corrected chi connectivity index (χ1v) is 11.1. The summed E-state index contributed by atoms with van der Waals surface area (Å²) < 4.78 is 0. The van der Waals surface area contributed by atoms with Gasteiger partial charge in [-0.2, -0.15) is 11.3 Å². The molecular formula is C19H23N3OS2. The van der Waals surface area contributed by atoms with Crippen LogP contribution < -0.4 is 10.2 Å². The van der Waals surface area contributed by atoms with E-state index in [2.05, 4.69) is 27.0 Å². The minimum atomic E-state index is -0.0496. The molecule has 0 saturated heterocycles. The summed E-state index contributed by atoms with van der Waals surface area (Å²) in [5, 5.41) is 9.90. The molecule has 0 spiro atoms. The first-order chi connectivity index (χ1) is 12.3. The molecule has 1 aliphatic heterocycles. The Hall–Kier alpha value is -1.40. The van der Waals surface area contributed by atoms with E-state index in [-0.39, 0.29) is 11.9 Å². The third-order valence-electron chi connectivity index (χ3n) is 5.62. The number of aromatic nitrogens is 1. The second-order valence-electron chi connectivity index (χ2n) is 7.59. The van der Waals surface area contributed by atoms with Gasteiger partial charge in [0.2, 0.25) is 5.91 Å². The highest BCUT2D eigenvalue weighted by Gasteiger charge is 2.40. The van der Waals surface area contributed by atoms with Crippen molar-refractivity contribution in [3.05, 3.63) is 22.5 Å². The maximum absolute atomic E-state index is 12.9. The van der Waals surface area contributed by atoms with Crippen LogP contribution in [0.15, 0.2) is 16.8 Å². The minimum Gasteiger partial charge on any atom is -0.352 e. The third-order valence-corrected chi connectivity index (χ3v) is 7.49. The van der Waals surface area contributed by atoms with Gasteiger partial charge in [0.1, 0.15) is 16.1 Å². The molecule has 0 aromatic carbocycles. The Morgan fingerprint density at radius 3 is 2.84 bits per heavy atom. The van der Waals surface area contributed by atoms with Crippen LogP contribution in [0.3, 0.4) is 0 Å². The predicted octanol–water partition coefficient (Wildman–Crippen LogP) is 4.07. The smallest absolute Gasteiger partial charge is 0.243 e. The number of rotatable bonds is 5. The van der Waals surface area contributed by atoms with E-state index in [1.165, 1.54) is 36.2 Å². The number of thiazole rings is 1. The first-order valence-electron chi connectivity index (χ1n) is 9.37. The molecular weight excluding hydrogens is 350 g/mol. The zero-order valence-electron chi connectivity index (χ0n) is 14.2. The molecule has 2 aromatic heterocycles. The van der Waals surface area contributed by atoms with E-state index in [0.717, 1.165) is 42.4 Å². The summed E-state index contributed by atoms with van der Waals surface area (Å²) in [4.78, 5) is 20.2. The van der Waals surface area contributed by atoms with E-state index in [9.17, 15) is 4.79 Å². The fraction of sp³-hybridized carbons (Fsp3) is 0.579. The van der Waals surface area contributed by atoms with Gasteiger partial charge in [-0.25, -0.2) is 4.98 Å². The van der Waals surface area contributed by atoms with Gasteiger partial charge in [0.25, 0.3) is 0 Å². The molecule has 1 atom stereocenters. The summed E-state index contributed by atoms with van der Waals surface area (Å²) in [6.45, 7) is 1.01. The molecule has 4 nitrogen and oxygen atoms in total. The fourth-order valence-electron chi connectivity index (χ4n) is 4.04. The minimum absolute atomic E-state index is 0.0496. The van der Waals surface area contributed by atoms with Gasteiger partial charge in [0, 0.05) is 30.0 Å². The molecule has 0 bridgehead atoms. The fourth-order valence-corrected chi connectivity index (χ4v) is 5.90. The molecule has 3 aliphatic rings. The lowest BCUT2D eigenvalue weighted by Crippen LogP contribution is -2.48. The van der Waals surface area contributed by atoms with Crippen molar-refractivity contribution in [1.29, 1.82) is 0 Å². The molecule has 25 heavy (non-hydrogen) atoms. The summed E-state index contributed by atoms with van der Waals surface area (Å²) in [7, 11) is 0. The maximum Gasteiger partial charge on any atom is 0.243 e. The summed E-state index contributed by atoms with van der Waals surface area (Å²) in [6, 6.07) is 2.48. The van der Waals surface area contributed by atoms with Gasteiger partial charge >= 0.3 is 0 Å². The van der Waals surface area contributed by atoms with Crippen molar-refractivity contribution in [2.45, 2.75) is 57.0 Å². The third kappa shape index (κ3) is 3.10. The lowest BCUT2D eigenvalue weighted by Gasteiger charge is -2.27. The van der Waals surface area contributed by atoms with E-state index >= 15 is 0 Å². The molecule has 1 amide bonds. The Kier molecular flexibility index (Phi) is 4.05. The second-order valence-corrected chi connectivity index (χ2v) is 9.35. The van der Waals surface area contributed by atoms with Crippen molar-refractivity contribution in [3.63, 3.8) is 0 Å². The predicted molar refractivity (Wildman–Crippen MR) is 103 cm³/mol. The van der Waals surface area contributed by atoms with Crippen molar-refractivity contribution in [1.82, 2.24) is 10.3 Å². The van der Waals surface area contributed by atoms with E-state index in [1.54, 1.807) is 22.7 Å².